The summed E-state index contributed by atoms with van der Waals surface area (Å²) >= 11 is 3.66. The van der Waals surface area contributed by atoms with E-state index in [-0.39, 0.29) is 5.56 Å². The molecule has 5 rings (SSSR count). The number of aryl methyl sites for hydroxylation is 3. The highest BCUT2D eigenvalue weighted by molar-refractivity contribution is 9.10. The van der Waals surface area contributed by atoms with Crippen LogP contribution in [0.25, 0.3) is 33.4 Å². The maximum Gasteiger partial charge on any atom is 0.337 e. The highest BCUT2D eigenvalue weighted by Gasteiger charge is 2.19. The predicted octanol–water partition coefficient (Wildman–Crippen LogP) is 5.79. The van der Waals surface area contributed by atoms with Crippen LogP contribution in [0.1, 0.15) is 40.8 Å². The molecule has 166 valence electrons. The van der Waals surface area contributed by atoms with E-state index in [0.29, 0.717) is 10.3 Å². The number of imidazole rings is 1. The van der Waals surface area contributed by atoms with Gasteiger partial charge in [-0.15, -0.1) is 0 Å². The minimum atomic E-state index is -0.997. The maximum absolute atomic E-state index is 11.7. The Morgan fingerprint density at radius 1 is 1.09 bits per heavy atom. The number of fused-ring (bicyclic) bond motifs is 2. The Morgan fingerprint density at radius 3 is 2.64 bits per heavy atom. The van der Waals surface area contributed by atoms with E-state index >= 15 is 0 Å². The van der Waals surface area contributed by atoms with E-state index < -0.39 is 5.97 Å². The van der Waals surface area contributed by atoms with Crippen molar-refractivity contribution in [2.75, 3.05) is 0 Å². The van der Waals surface area contributed by atoms with Gasteiger partial charge in [-0.2, -0.15) is 5.10 Å². The highest BCUT2D eigenvalue weighted by Crippen LogP contribution is 2.32. The number of carboxylic acid groups (broad SMARTS) is 1. The molecule has 2 aromatic carbocycles. The summed E-state index contributed by atoms with van der Waals surface area (Å²) in [6, 6.07) is 14.9. The smallest absolute Gasteiger partial charge is 0.337 e. The fourth-order valence-electron chi connectivity index (χ4n) is 4.25. The standard InChI is InChI=1S/C25H22BrN5O2/c1-4-7-21-28-22-14(2)12-15(3)27-24(22)30(21)16-10-11-19-18(13-16)23(26)31(29-19)20-9-6-5-8-17(20)25(32)33/h5-6,8-13H,4,7H2,1-3H3,(H,32,33). The Kier molecular flexibility index (Phi) is 5.25. The second-order valence-corrected chi connectivity index (χ2v) is 8.84. The molecule has 0 aliphatic carbocycles. The molecule has 0 saturated heterocycles. The Balaban J connectivity index is 1.74. The lowest BCUT2D eigenvalue weighted by molar-refractivity contribution is 0.0696. The SMILES string of the molecule is CCCc1nc2c(C)cc(C)nc2n1-c1ccc2nn(-c3ccccc3C(=O)O)c(Br)c2c1. The third-order valence-electron chi connectivity index (χ3n) is 5.69. The number of halogens is 1. The zero-order valence-electron chi connectivity index (χ0n) is 18.5. The molecule has 0 bridgehead atoms. The van der Waals surface area contributed by atoms with Gasteiger partial charge in [-0.3, -0.25) is 4.57 Å². The first-order valence-electron chi connectivity index (χ1n) is 10.8. The van der Waals surface area contributed by atoms with E-state index in [1.165, 1.54) is 0 Å². The summed E-state index contributed by atoms with van der Waals surface area (Å²) in [7, 11) is 0. The Hall–Kier alpha value is -3.52. The number of carboxylic acids is 1. The quantitative estimate of drug-likeness (QED) is 0.328. The molecule has 5 aromatic rings. The monoisotopic (exact) mass is 503 g/mol. The van der Waals surface area contributed by atoms with Crippen LogP contribution in [0.2, 0.25) is 0 Å². The third-order valence-corrected chi connectivity index (χ3v) is 6.46. The molecule has 8 heteroatoms. The lowest BCUT2D eigenvalue weighted by atomic mass is 10.2. The molecule has 0 radical (unpaired) electrons. The van der Waals surface area contributed by atoms with Crippen molar-refractivity contribution in [2.24, 2.45) is 0 Å². The van der Waals surface area contributed by atoms with Gasteiger partial charge < -0.3 is 5.11 Å². The number of pyridine rings is 1. The topological polar surface area (TPSA) is 85.8 Å². The number of para-hydroxylation sites is 1. The molecular weight excluding hydrogens is 482 g/mol. The van der Waals surface area contributed by atoms with Crippen LogP contribution in [-0.4, -0.2) is 35.4 Å². The minimum Gasteiger partial charge on any atom is -0.478 e. The van der Waals surface area contributed by atoms with Crippen molar-refractivity contribution < 1.29 is 9.90 Å². The summed E-state index contributed by atoms with van der Waals surface area (Å²) in [4.78, 5) is 21.4. The first-order chi connectivity index (χ1) is 15.9. The van der Waals surface area contributed by atoms with Crippen LogP contribution in [-0.2, 0) is 6.42 Å². The zero-order valence-corrected chi connectivity index (χ0v) is 20.1. The molecule has 33 heavy (non-hydrogen) atoms. The Labute approximate surface area is 198 Å². The van der Waals surface area contributed by atoms with Crippen molar-refractivity contribution >= 4 is 44.0 Å². The second-order valence-electron chi connectivity index (χ2n) is 8.09. The Morgan fingerprint density at radius 2 is 1.88 bits per heavy atom. The molecule has 3 aromatic heterocycles. The van der Waals surface area contributed by atoms with Gasteiger partial charge in [0.2, 0.25) is 0 Å². The number of benzene rings is 2. The van der Waals surface area contributed by atoms with Crippen LogP contribution in [0, 0.1) is 13.8 Å². The van der Waals surface area contributed by atoms with Crippen LogP contribution in [0.5, 0.6) is 0 Å². The molecule has 3 heterocycles. The van der Waals surface area contributed by atoms with E-state index in [1.54, 1.807) is 28.9 Å². The van der Waals surface area contributed by atoms with E-state index in [9.17, 15) is 9.90 Å². The maximum atomic E-state index is 11.7. The number of aromatic nitrogens is 5. The number of carbonyl (C=O) groups is 1. The lowest BCUT2D eigenvalue weighted by Gasteiger charge is -2.09. The van der Waals surface area contributed by atoms with Gasteiger partial charge in [0.1, 0.15) is 15.9 Å². The zero-order chi connectivity index (χ0) is 23.3. The van der Waals surface area contributed by atoms with E-state index in [1.807, 2.05) is 25.1 Å². The first-order valence-corrected chi connectivity index (χ1v) is 11.5. The van der Waals surface area contributed by atoms with Crippen LogP contribution in [0.3, 0.4) is 0 Å². The largest absolute Gasteiger partial charge is 0.478 e. The molecule has 0 saturated carbocycles. The van der Waals surface area contributed by atoms with Gasteiger partial charge >= 0.3 is 5.97 Å². The van der Waals surface area contributed by atoms with Crippen molar-refractivity contribution in [3.63, 3.8) is 0 Å². The third kappa shape index (κ3) is 3.51. The van der Waals surface area contributed by atoms with Gasteiger partial charge in [-0.05, 0) is 78.2 Å². The summed E-state index contributed by atoms with van der Waals surface area (Å²) in [6.07, 6.45) is 1.80. The van der Waals surface area contributed by atoms with Crippen LogP contribution >= 0.6 is 15.9 Å². The number of hydrogen-bond acceptors (Lipinski definition) is 4. The number of aromatic carboxylic acids is 1. The normalized spacial score (nSPS) is 11.5. The molecule has 0 unspecified atom stereocenters. The molecule has 0 atom stereocenters. The summed E-state index contributed by atoms with van der Waals surface area (Å²) in [5, 5.41) is 15.2. The van der Waals surface area contributed by atoms with E-state index in [2.05, 4.69) is 45.5 Å². The van der Waals surface area contributed by atoms with Gasteiger partial charge in [0.05, 0.1) is 16.8 Å². The van der Waals surface area contributed by atoms with Gasteiger partial charge in [0.15, 0.2) is 5.65 Å². The van der Waals surface area contributed by atoms with Gasteiger partial charge in [-0.25, -0.2) is 19.4 Å². The number of nitrogens with zero attached hydrogens (tertiary/aromatic N) is 5. The Bertz CT molecular complexity index is 1550. The average Bonchev–Trinajstić information content (AvgIpc) is 3.31. The summed E-state index contributed by atoms with van der Waals surface area (Å²) < 4.78 is 4.44. The molecule has 0 spiro atoms. The van der Waals surface area contributed by atoms with Crippen LogP contribution < -0.4 is 0 Å². The molecule has 0 fully saturated rings. The molecule has 1 N–H and O–H groups in total. The lowest BCUT2D eigenvalue weighted by Crippen LogP contribution is -2.06. The van der Waals surface area contributed by atoms with Crippen molar-refractivity contribution in [2.45, 2.75) is 33.6 Å². The average molecular weight is 504 g/mol. The molecular formula is C25H22BrN5O2. The predicted molar refractivity (Wildman–Crippen MR) is 132 cm³/mol. The summed E-state index contributed by atoms with van der Waals surface area (Å²) in [6.45, 7) is 6.19. The van der Waals surface area contributed by atoms with Gasteiger partial charge in [-0.1, -0.05) is 19.1 Å². The fourth-order valence-corrected chi connectivity index (χ4v) is 4.84. The van der Waals surface area contributed by atoms with Crippen LogP contribution in [0.4, 0.5) is 0 Å². The second kappa shape index (κ2) is 8.12. The molecule has 7 nitrogen and oxygen atoms in total. The molecule has 0 aliphatic heterocycles. The molecule has 0 aliphatic rings. The van der Waals surface area contributed by atoms with Gasteiger partial charge in [0, 0.05) is 23.2 Å². The van der Waals surface area contributed by atoms with Crippen molar-refractivity contribution in [1.29, 1.82) is 0 Å². The fraction of sp³-hybridized carbons (Fsp3) is 0.200. The van der Waals surface area contributed by atoms with E-state index in [4.69, 9.17) is 9.97 Å². The van der Waals surface area contributed by atoms with Crippen molar-refractivity contribution in [3.8, 4) is 11.4 Å². The number of rotatable bonds is 5. The van der Waals surface area contributed by atoms with Crippen LogP contribution in [0.15, 0.2) is 53.1 Å². The first kappa shape index (κ1) is 21.3. The number of hydrogen-bond donors (Lipinski definition) is 1. The summed E-state index contributed by atoms with van der Waals surface area (Å²) in [5.74, 6) is -0.0311. The summed E-state index contributed by atoms with van der Waals surface area (Å²) in [5.41, 5.74) is 6.20. The molecule has 0 amide bonds. The van der Waals surface area contributed by atoms with E-state index in [0.717, 1.165) is 57.7 Å². The van der Waals surface area contributed by atoms with Crippen molar-refractivity contribution in [1.82, 2.24) is 24.3 Å². The highest BCUT2D eigenvalue weighted by atomic mass is 79.9. The van der Waals surface area contributed by atoms with Crippen molar-refractivity contribution in [3.05, 3.63) is 75.8 Å². The van der Waals surface area contributed by atoms with Gasteiger partial charge in [0.25, 0.3) is 0 Å². The minimum absolute atomic E-state index is 0.187.